The summed E-state index contributed by atoms with van der Waals surface area (Å²) in [4.78, 5) is 29.1. The molecular weight excluding hydrogens is 402 g/mol. The lowest BCUT2D eigenvalue weighted by Gasteiger charge is -2.04. The number of aryl methyl sites for hydroxylation is 1. The number of anilines is 1. The van der Waals surface area contributed by atoms with Gasteiger partial charge in [-0.1, -0.05) is 23.5 Å². The van der Waals surface area contributed by atoms with E-state index in [9.17, 15) is 14.9 Å². The Morgan fingerprint density at radius 1 is 1.11 bits per heavy atom. The molecule has 9 heteroatoms. The third-order valence-corrected chi connectivity index (χ3v) is 7.33. The van der Waals surface area contributed by atoms with Gasteiger partial charge in [0.15, 0.2) is 0 Å². The molecule has 0 spiro atoms. The largest absolute Gasteiger partial charge is 0.324 e. The minimum Gasteiger partial charge on any atom is -0.312 e. The molecule has 1 amide bonds. The minimum absolute atomic E-state index is 0.0508. The third kappa shape index (κ3) is 3.25. The summed E-state index contributed by atoms with van der Waals surface area (Å²) < 4.78 is 1.09. The summed E-state index contributed by atoms with van der Waals surface area (Å²) in [6.07, 6.45) is 0. The number of nitrogens with zero attached hydrogens (tertiary/aromatic N) is 2. The van der Waals surface area contributed by atoms with Crippen LogP contribution in [-0.2, 0) is 0 Å². The SMILES string of the molecule is Cc1sc(NC(=O)c2ccc([N+](=O)[O-])s2)c(-c2nc3ccccc3s2)c1C. The number of carbonyl (C=O) groups excluding carboxylic acids is 1. The molecule has 136 valence electrons. The summed E-state index contributed by atoms with van der Waals surface area (Å²) in [6, 6.07) is 10.7. The Hall–Kier alpha value is -2.62. The van der Waals surface area contributed by atoms with E-state index in [0.717, 1.165) is 42.6 Å². The van der Waals surface area contributed by atoms with Crippen molar-refractivity contribution in [2.45, 2.75) is 13.8 Å². The number of para-hydroxylation sites is 1. The predicted octanol–water partition coefficient (Wildman–Crippen LogP) is 5.86. The van der Waals surface area contributed by atoms with Gasteiger partial charge in [0, 0.05) is 16.5 Å². The number of thiazole rings is 1. The summed E-state index contributed by atoms with van der Waals surface area (Å²) in [7, 11) is 0. The predicted molar refractivity (Wildman–Crippen MR) is 111 cm³/mol. The topological polar surface area (TPSA) is 85.1 Å². The van der Waals surface area contributed by atoms with Gasteiger partial charge in [-0.05, 0) is 37.6 Å². The van der Waals surface area contributed by atoms with E-state index in [-0.39, 0.29) is 10.9 Å². The third-order valence-electron chi connectivity index (χ3n) is 4.12. The fraction of sp³-hybridized carbons (Fsp3) is 0.111. The maximum absolute atomic E-state index is 12.6. The minimum atomic E-state index is -0.493. The van der Waals surface area contributed by atoms with Gasteiger partial charge in [0.1, 0.15) is 10.0 Å². The number of thiophene rings is 2. The first-order valence-corrected chi connectivity index (χ1v) is 10.4. The second-order valence-electron chi connectivity index (χ2n) is 5.82. The van der Waals surface area contributed by atoms with Crippen LogP contribution in [0.2, 0.25) is 0 Å². The molecule has 0 atom stereocenters. The van der Waals surface area contributed by atoms with Crippen LogP contribution in [0.15, 0.2) is 36.4 Å². The van der Waals surface area contributed by atoms with Crippen molar-refractivity contribution in [3.63, 3.8) is 0 Å². The quantitative estimate of drug-likeness (QED) is 0.334. The molecule has 0 fully saturated rings. The molecule has 0 aliphatic rings. The van der Waals surface area contributed by atoms with Crippen molar-refractivity contribution in [2.24, 2.45) is 0 Å². The van der Waals surface area contributed by atoms with Crippen molar-refractivity contribution in [1.82, 2.24) is 4.98 Å². The smallest absolute Gasteiger partial charge is 0.312 e. The van der Waals surface area contributed by atoms with Crippen LogP contribution in [0.1, 0.15) is 20.1 Å². The van der Waals surface area contributed by atoms with E-state index < -0.39 is 4.92 Å². The Bertz CT molecular complexity index is 1160. The van der Waals surface area contributed by atoms with E-state index in [1.807, 2.05) is 38.1 Å². The van der Waals surface area contributed by atoms with E-state index in [1.165, 1.54) is 23.5 Å². The first-order valence-electron chi connectivity index (χ1n) is 7.95. The van der Waals surface area contributed by atoms with Crippen LogP contribution < -0.4 is 5.32 Å². The van der Waals surface area contributed by atoms with E-state index in [1.54, 1.807) is 11.3 Å². The second kappa shape index (κ2) is 6.84. The fourth-order valence-corrected chi connectivity index (χ4v) is 5.58. The highest BCUT2D eigenvalue weighted by atomic mass is 32.1. The number of nitro groups is 1. The van der Waals surface area contributed by atoms with Crippen LogP contribution in [0.5, 0.6) is 0 Å². The first-order chi connectivity index (χ1) is 12.9. The van der Waals surface area contributed by atoms with Gasteiger partial charge >= 0.3 is 5.00 Å². The molecule has 0 aliphatic heterocycles. The highest BCUT2D eigenvalue weighted by molar-refractivity contribution is 7.23. The van der Waals surface area contributed by atoms with Crippen LogP contribution in [0.25, 0.3) is 20.8 Å². The van der Waals surface area contributed by atoms with Crippen molar-refractivity contribution in [3.8, 4) is 10.6 Å². The standard InChI is InChI=1S/C18H13N3O3S3/c1-9-10(2)25-18(20-16(22)13-7-8-14(26-13)21(23)24)15(9)17-19-11-5-3-4-6-12(11)27-17/h3-8H,1-2H3,(H,20,22). The molecule has 0 saturated heterocycles. The Balaban J connectivity index is 1.72. The lowest BCUT2D eigenvalue weighted by Crippen LogP contribution is -2.09. The first kappa shape index (κ1) is 17.8. The maximum atomic E-state index is 12.6. The van der Waals surface area contributed by atoms with Gasteiger partial charge in [0.25, 0.3) is 5.91 Å². The number of hydrogen-bond acceptors (Lipinski definition) is 7. The number of aromatic nitrogens is 1. The summed E-state index contributed by atoms with van der Waals surface area (Å²) in [6.45, 7) is 4.02. The molecule has 0 unspecified atom stereocenters. The van der Waals surface area contributed by atoms with Gasteiger partial charge in [-0.2, -0.15) is 0 Å². The normalized spacial score (nSPS) is 11.0. The molecule has 1 N–H and O–H groups in total. The lowest BCUT2D eigenvalue weighted by atomic mass is 10.1. The van der Waals surface area contributed by atoms with Gasteiger partial charge in [0.05, 0.1) is 20.0 Å². The molecule has 0 radical (unpaired) electrons. The van der Waals surface area contributed by atoms with Gasteiger partial charge in [-0.15, -0.1) is 22.7 Å². The van der Waals surface area contributed by atoms with Gasteiger partial charge in [-0.25, -0.2) is 4.98 Å². The molecule has 3 aromatic heterocycles. The van der Waals surface area contributed by atoms with Gasteiger partial charge in [-0.3, -0.25) is 14.9 Å². The number of amides is 1. The number of carbonyl (C=O) groups is 1. The highest BCUT2D eigenvalue weighted by Crippen LogP contribution is 2.43. The van der Waals surface area contributed by atoms with Crippen LogP contribution in [0.4, 0.5) is 10.0 Å². The zero-order valence-corrected chi connectivity index (χ0v) is 16.8. The van der Waals surface area contributed by atoms with Crippen molar-refractivity contribution in [3.05, 3.63) is 61.8 Å². The molecular formula is C18H13N3O3S3. The summed E-state index contributed by atoms with van der Waals surface area (Å²) >= 11 is 3.93. The number of rotatable bonds is 4. The second-order valence-corrected chi connectivity index (χ2v) is 9.14. The molecule has 0 saturated carbocycles. The summed E-state index contributed by atoms with van der Waals surface area (Å²) in [5.41, 5.74) is 2.91. The molecule has 27 heavy (non-hydrogen) atoms. The number of nitrogens with one attached hydrogen (secondary N) is 1. The van der Waals surface area contributed by atoms with E-state index in [2.05, 4.69) is 5.32 Å². The Morgan fingerprint density at radius 2 is 1.89 bits per heavy atom. The molecule has 4 aromatic rings. The summed E-state index contributed by atoms with van der Waals surface area (Å²) in [5, 5.41) is 15.3. The van der Waals surface area contributed by atoms with Crippen LogP contribution in [0.3, 0.4) is 0 Å². The van der Waals surface area contributed by atoms with Gasteiger partial charge in [0.2, 0.25) is 0 Å². The zero-order chi connectivity index (χ0) is 19.1. The number of benzene rings is 1. The van der Waals surface area contributed by atoms with Crippen molar-refractivity contribution >= 4 is 60.1 Å². The van der Waals surface area contributed by atoms with Crippen LogP contribution >= 0.6 is 34.0 Å². The Morgan fingerprint density at radius 3 is 2.59 bits per heavy atom. The molecule has 3 heterocycles. The average molecular weight is 416 g/mol. The van der Waals surface area contributed by atoms with E-state index >= 15 is 0 Å². The lowest BCUT2D eigenvalue weighted by molar-refractivity contribution is -0.380. The molecule has 0 aliphatic carbocycles. The molecule has 4 rings (SSSR count). The average Bonchev–Trinajstić information content (AvgIpc) is 3.33. The number of fused-ring (bicyclic) bond motifs is 1. The molecule has 1 aromatic carbocycles. The Labute approximate surface area is 166 Å². The van der Waals surface area contributed by atoms with E-state index in [4.69, 9.17) is 4.98 Å². The van der Waals surface area contributed by atoms with Crippen LogP contribution in [-0.4, -0.2) is 15.8 Å². The molecule has 6 nitrogen and oxygen atoms in total. The Kier molecular flexibility index (Phi) is 4.50. The van der Waals surface area contributed by atoms with E-state index in [0.29, 0.717) is 9.88 Å². The van der Waals surface area contributed by atoms with Crippen molar-refractivity contribution < 1.29 is 9.72 Å². The maximum Gasteiger partial charge on any atom is 0.324 e. The fourth-order valence-electron chi connectivity index (χ4n) is 2.66. The summed E-state index contributed by atoms with van der Waals surface area (Å²) in [5.74, 6) is -0.350. The molecule has 0 bridgehead atoms. The highest BCUT2D eigenvalue weighted by Gasteiger charge is 2.22. The van der Waals surface area contributed by atoms with Crippen molar-refractivity contribution in [1.29, 1.82) is 0 Å². The van der Waals surface area contributed by atoms with Crippen molar-refractivity contribution in [2.75, 3.05) is 5.32 Å². The van der Waals surface area contributed by atoms with Crippen LogP contribution in [0, 0.1) is 24.0 Å². The monoisotopic (exact) mass is 415 g/mol. The van der Waals surface area contributed by atoms with Gasteiger partial charge < -0.3 is 5.32 Å². The number of hydrogen-bond donors (Lipinski definition) is 1. The zero-order valence-electron chi connectivity index (χ0n) is 14.3.